The van der Waals surface area contributed by atoms with Gasteiger partial charge < -0.3 is 25.8 Å². The van der Waals surface area contributed by atoms with E-state index in [-0.39, 0.29) is 23.3 Å². The lowest BCUT2D eigenvalue weighted by molar-refractivity contribution is 0.0960. The predicted molar refractivity (Wildman–Crippen MR) is 103 cm³/mol. The number of nitrogen functional groups attached to an aromatic ring is 1. The summed E-state index contributed by atoms with van der Waals surface area (Å²) in [6.07, 6.45) is 0.805. The summed E-state index contributed by atoms with van der Waals surface area (Å²) in [6.45, 7) is 3.49. The second kappa shape index (κ2) is 7.98. The molecule has 0 radical (unpaired) electrons. The molecule has 2 heterocycles. The van der Waals surface area contributed by atoms with Crippen molar-refractivity contribution < 1.29 is 14.6 Å². The van der Waals surface area contributed by atoms with Gasteiger partial charge in [0.2, 0.25) is 5.95 Å². The summed E-state index contributed by atoms with van der Waals surface area (Å²) in [4.78, 5) is 22.4. The van der Waals surface area contributed by atoms with E-state index >= 15 is 0 Å². The number of nitrogens with one attached hydrogen (secondary N) is 1. The number of anilines is 2. The Kier molecular flexibility index (Phi) is 5.67. The molecule has 1 aliphatic rings. The molecule has 1 saturated heterocycles. The Morgan fingerprint density at radius 3 is 2.89 bits per heavy atom. The Hall–Kier alpha value is -2.58. The molecule has 0 aliphatic carbocycles. The maximum Gasteiger partial charge on any atom is 0.254 e. The Morgan fingerprint density at radius 1 is 1.41 bits per heavy atom. The van der Waals surface area contributed by atoms with Gasteiger partial charge in [-0.15, -0.1) is 0 Å². The van der Waals surface area contributed by atoms with Gasteiger partial charge in [0, 0.05) is 37.0 Å². The Balaban J connectivity index is 2.06. The molecule has 0 saturated carbocycles. The lowest BCUT2D eigenvalue weighted by Crippen LogP contribution is -2.32. The lowest BCUT2D eigenvalue weighted by Gasteiger charge is -2.31. The maximum absolute atomic E-state index is 11.9. The van der Waals surface area contributed by atoms with Crippen molar-refractivity contribution in [3.63, 3.8) is 0 Å². The minimum absolute atomic E-state index is 0.120. The van der Waals surface area contributed by atoms with Crippen LogP contribution in [0.2, 0.25) is 5.02 Å². The maximum atomic E-state index is 11.9. The standard InChI is InChI=1S/C18H22ClN5O3/c1-10-6-16(23-18(20)22-10)24-4-3-5-27-9-14(24)11-8-15(25)12(7-13(11)19)17(26)21-2/h6-8,14,25H,3-5,9H2,1-2H3,(H,21,26)(H2,20,22,23)/t14-/m0/s1. The number of phenolic OH excluding ortho intramolecular Hbond substituents is 1. The molecule has 1 aromatic carbocycles. The second-order valence-corrected chi connectivity index (χ2v) is 6.74. The molecule has 2 aromatic rings. The molecule has 144 valence electrons. The molecular formula is C18H22ClN5O3. The number of rotatable bonds is 3. The van der Waals surface area contributed by atoms with Gasteiger partial charge in [-0.05, 0) is 31.0 Å². The molecule has 0 spiro atoms. The Labute approximate surface area is 162 Å². The first-order valence-corrected chi connectivity index (χ1v) is 8.98. The molecule has 27 heavy (non-hydrogen) atoms. The quantitative estimate of drug-likeness (QED) is 0.733. The molecule has 4 N–H and O–H groups in total. The third kappa shape index (κ3) is 4.06. The van der Waals surface area contributed by atoms with Crippen LogP contribution in [0.3, 0.4) is 0 Å². The number of aromatic hydroxyl groups is 1. The van der Waals surface area contributed by atoms with Crippen molar-refractivity contribution in [1.82, 2.24) is 15.3 Å². The smallest absolute Gasteiger partial charge is 0.254 e. The largest absolute Gasteiger partial charge is 0.507 e. The van der Waals surface area contributed by atoms with Crippen LogP contribution in [0.5, 0.6) is 5.75 Å². The fraction of sp³-hybridized carbons (Fsp3) is 0.389. The number of phenols is 1. The van der Waals surface area contributed by atoms with Gasteiger partial charge in [0.05, 0.1) is 18.2 Å². The van der Waals surface area contributed by atoms with Gasteiger partial charge in [-0.25, -0.2) is 4.98 Å². The zero-order chi connectivity index (χ0) is 19.6. The third-order valence-corrected chi connectivity index (χ3v) is 4.76. The number of aromatic nitrogens is 2. The number of carbonyl (C=O) groups excluding carboxylic acids is 1. The van der Waals surface area contributed by atoms with Gasteiger partial charge in [0.1, 0.15) is 11.6 Å². The highest BCUT2D eigenvalue weighted by Gasteiger charge is 2.28. The Morgan fingerprint density at radius 2 is 2.19 bits per heavy atom. The summed E-state index contributed by atoms with van der Waals surface area (Å²) in [5.41, 5.74) is 7.35. The molecule has 0 bridgehead atoms. The van der Waals surface area contributed by atoms with Crippen molar-refractivity contribution in [2.75, 3.05) is 37.4 Å². The molecule has 8 nitrogen and oxygen atoms in total. The number of nitrogens with two attached hydrogens (primary N) is 1. The summed E-state index contributed by atoms with van der Waals surface area (Å²) in [5.74, 6) is 0.310. The number of halogens is 1. The van der Waals surface area contributed by atoms with Crippen molar-refractivity contribution in [2.24, 2.45) is 0 Å². The SMILES string of the molecule is CNC(=O)c1cc(Cl)c([C@@H]2COCCCN2c2cc(C)nc(N)n2)cc1O. The molecule has 1 fully saturated rings. The fourth-order valence-corrected chi connectivity index (χ4v) is 3.47. The zero-order valence-corrected chi connectivity index (χ0v) is 16.0. The first kappa shape index (κ1) is 19.2. The number of hydrogen-bond donors (Lipinski definition) is 3. The van der Waals surface area contributed by atoms with Crippen LogP contribution < -0.4 is 16.0 Å². The number of nitrogens with zero attached hydrogens (tertiary/aromatic N) is 3. The minimum atomic E-state index is -0.408. The second-order valence-electron chi connectivity index (χ2n) is 6.33. The van der Waals surface area contributed by atoms with Crippen molar-refractivity contribution in [3.8, 4) is 5.75 Å². The van der Waals surface area contributed by atoms with Gasteiger partial charge >= 0.3 is 0 Å². The molecule has 3 rings (SSSR count). The van der Waals surface area contributed by atoms with E-state index in [4.69, 9.17) is 22.1 Å². The van der Waals surface area contributed by atoms with Gasteiger partial charge in [-0.3, -0.25) is 4.79 Å². The molecule has 9 heteroatoms. The summed E-state index contributed by atoms with van der Waals surface area (Å²) in [7, 11) is 1.49. The first-order chi connectivity index (χ1) is 12.9. The van der Waals surface area contributed by atoms with Crippen LogP contribution >= 0.6 is 11.6 Å². The summed E-state index contributed by atoms with van der Waals surface area (Å²) < 4.78 is 5.73. The number of benzene rings is 1. The summed E-state index contributed by atoms with van der Waals surface area (Å²) in [6, 6.07) is 4.53. The van der Waals surface area contributed by atoms with E-state index in [9.17, 15) is 9.90 Å². The van der Waals surface area contributed by atoms with E-state index in [0.29, 0.717) is 36.2 Å². The topological polar surface area (TPSA) is 114 Å². The average Bonchev–Trinajstić information content (AvgIpc) is 2.87. The van der Waals surface area contributed by atoms with Gasteiger partial charge in [0.15, 0.2) is 0 Å². The normalized spacial score (nSPS) is 17.4. The van der Waals surface area contributed by atoms with E-state index in [1.807, 2.05) is 17.9 Å². The van der Waals surface area contributed by atoms with E-state index < -0.39 is 5.91 Å². The number of aryl methyl sites for hydroxylation is 1. The number of ether oxygens (including phenoxy) is 1. The van der Waals surface area contributed by atoms with Crippen LogP contribution in [-0.2, 0) is 4.74 Å². The van der Waals surface area contributed by atoms with E-state index in [1.165, 1.54) is 19.2 Å². The van der Waals surface area contributed by atoms with Crippen molar-refractivity contribution in [1.29, 1.82) is 0 Å². The van der Waals surface area contributed by atoms with E-state index in [1.54, 1.807) is 0 Å². The molecule has 1 aromatic heterocycles. The van der Waals surface area contributed by atoms with Crippen LogP contribution in [0, 0.1) is 6.92 Å². The lowest BCUT2D eigenvalue weighted by atomic mass is 10.0. The average molecular weight is 392 g/mol. The number of carbonyl (C=O) groups is 1. The molecule has 1 atom stereocenters. The number of amides is 1. The molecule has 1 aliphatic heterocycles. The molecule has 1 amide bonds. The minimum Gasteiger partial charge on any atom is -0.507 e. The van der Waals surface area contributed by atoms with Crippen molar-refractivity contribution >= 4 is 29.3 Å². The van der Waals surface area contributed by atoms with Crippen LogP contribution in [0.15, 0.2) is 18.2 Å². The highest BCUT2D eigenvalue weighted by molar-refractivity contribution is 6.32. The number of hydrogen-bond acceptors (Lipinski definition) is 7. The molecule has 0 unspecified atom stereocenters. The highest BCUT2D eigenvalue weighted by atomic mass is 35.5. The monoisotopic (exact) mass is 391 g/mol. The van der Waals surface area contributed by atoms with E-state index in [2.05, 4.69) is 15.3 Å². The predicted octanol–water partition coefficient (Wildman–Crippen LogP) is 2.05. The van der Waals surface area contributed by atoms with Crippen LogP contribution in [0.4, 0.5) is 11.8 Å². The van der Waals surface area contributed by atoms with Crippen LogP contribution in [0.25, 0.3) is 0 Å². The fourth-order valence-electron chi connectivity index (χ4n) is 3.18. The molecular weight excluding hydrogens is 370 g/mol. The third-order valence-electron chi connectivity index (χ3n) is 4.44. The van der Waals surface area contributed by atoms with E-state index in [0.717, 1.165) is 12.1 Å². The van der Waals surface area contributed by atoms with Crippen molar-refractivity contribution in [2.45, 2.75) is 19.4 Å². The summed E-state index contributed by atoms with van der Waals surface area (Å²) in [5, 5.41) is 13.2. The van der Waals surface area contributed by atoms with Crippen molar-refractivity contribution in [3.05, 3.63) is 40.0 Å². The Bertz CT molecular complexity index is 841. The van der Waals surface area contributed by atoms with Gasteiger partial charge in [-0.2, -0.15) is 4.98 Å². The van der Waals surface area contributed by atoms with Gasteiger partial charge in [0.25, 0.3) is 5.91 Å². The first-order valence-electron chi connectivity index (χ1n) is 8.60. The summed E-state index contributed by atoms with van der Waals surface area (Å²) >= 11 is 6.47. The highest BCUT2D eigenvalue weighted by Crippen LogP contribution is 2.36. The van der Waals surface area contributed by atoms with Gasteiger partial charge in [-0.1, -0.05) is 11.6 Å². The zero-order valence-electron chi connectivity index (χ0n) is 15.2. The van der Waals surface area contributed by atoms with Crippen LogP contribution in [-0.4, -0.2) is 47.8 Å². The van der Waals surface area contributed by atoms with Crippen LogP contribution in [0.1, 0.15) is 34.1 Å².